The van der Waals surface area contributed by atoms with Gasteiger partial charge in [-0.25, -0.2) is 4.98 Å². The van der Waals surface area contributed by atoms with Gasteiger partial charge in [-0.1, -0.05) is 25.9 Å². The summed E-state index contributed by atoms with van der Waals surface area (Å²) in [7, 11) is 0. The summed E-state index contributed by atoms with van der Waals surface area (Å²) in [5.41, 5.74) is 2.15. The summed E-state index contributed by atoms with van der Waals surface area (Å²) in [6, 6.07) is 1.99. The lowest BCUT2D eigenvalue weighted by atomic mass is 9.93. The first-order valence-corrected chi connectivity index (χ1v) is 8.52. The molecule has 1 aliphatic rings. The maximum absolute atomic E-state index is 5.92. The molecule has 5 nitrogen and oxygen atoms in total. The number of nitrogens with zero attached hydrogens (tertiary/aromatic N) is 3. The molecule has 1 fully saturated rings. The minimum atomic E-state index is 0.0545. The van der Waals surface area contributed by atoms with E-state index in [9.17, 15) is 0 Å². The first-order valence-electron chi connectivity index (χ1n) is 7.64. The summed E-state index contributed by atoms with van der Waals surface area (Å²) in [6.07, 6.45) is 0.0545. The molecule has 0 amide bonds. The van der Waals surface area contributed by atoms with Gasteiger partial charge in [-0.3, -0.25) is 4.90 Å². The van der Waals surface area contributed by atoms with Gasteiger partial charge in [0.2, 0.25) is 0 Å². The largest absolute Gasteiger partial charge is 0.368 e. The molecule has 1 saturated heterocycles. The van der Waals surface area contributed by atoms with Crippen molar-refractivity contribution in [3.05, 3.63) is 33.6 Å². The molecule has 2 aromatic rings. The lowest BCUT2D eigenvalue weighted by molar-refractivity contribution is -0.0352. The fourth-order valence-electron chi connectivity index (χ4n) is 2.49. The molecule has 3 heterocycles. The Kier molecular flexibility index (Phi) is 4.34. The van der Waals surface area contributed by atoms with Crippen molar-refractivity contribution in [3.63, 3.8) is 0 Å². The second kappa shape index (κ2) is 6.10. The number of ether oxygens (including phenoxy) is 1. The van der Waals surface area contributed by atoms with Crippen LogP contribution in [0.4, 0.5) is 0 Å². The van der Waals surface area contributed by atoms with Gasteiger partial charge in [0, 0.05) is 30.0 Å². The lowest BCUT2D eigenvalue weighted by Crippen LogP contribution is -2.37. The number of hydrogen-bond acceptors (Lipinski definition) is 6. The van der Waals surface area contributed by atoms with E-state index in [-0.39, 0.29) is 11.5 Å². The van der Waals surface area contributed by atoms with Crippen LogP contribution in [0.15, 0.2) is 16.0 Å². The van der Waals surface area contributed by atoms with E-state index in [1.165, 1.54) is 0 Å². The highest BCUT2D eigenvalue weighted by Gasteiger charge is 2.27. The third-order valence-electron chi connectivity index (χ3n) is 3.77. The molecule has 0 radical (unpaired) electrons. The Morgan fingerprint density at radius 1 is 1.41 bits per heavy atom. The highest BCUT2D eigenvalue weighted by Crippen LogP contribution is 2.30. The molecule has 0 N–H and O–H groups in total. The first kappa shape index (κ1) is 15.6. The van der Waals surface area contributed by atoms with E-state index in [2.05, 4.69) is 36.2 Å². The van der Waals surface area contributed by atoms with Gasteiger partial charge in [-0.15, -0.1) is 11.3 Å². The van der Waals surface area contributed by atoms with Crippen molar-refractivity contribution in [2.24, 2.45) is 0 Å². The molecule has 2 aromatic heterocycles. The van der Waals surface area contributed by atoms with E-state index in [1.807, 2.05) is 13.0 Å². The summed E-state index contributed by atoms with van der Waals surface area (Å²) < 4.78 is 11.2. The number of rotatable bonds is 3. The minimum absolute atomic E-state index is 0.0545. The van der Waals surface area contributed by atoms with Crippen molar-refractivity contribution < 1.29 is 9.26 Å². The zero-order valence-corrected chi connectivity index (χ0v) is 14.4. The van der Waals surface area contributed by atoms with Gasteiger partial charge < -0.3 is 9.26 Å². The highest BCUT2D eigenvalue weighted by molar-refractivity contribution is 7.09. The Bertz CT molecular complexity index is 629. The summed E-state index contributed by atoms with van der Waals surface area (Å²) in [5.74, 6) is 0.910. The zero-order chi connectivity index (χ0) is 15.7. The molecule has 120 valence electrons. The van der Waals surface area contributed by atoms with E-state index in [0.717, 1.165) is 48.4 Å². The molecule has 0 aliphatic carbocycles. The van der Waals surface area contributed by atoms with Crippen LogP contribution < -0.4 is 0 Å². The topological polar surface area (TPSA) is 51.4 Å². The quantitative estimate of drug-likeness (QED) is 0.868. The number of morpholine rings is 1. The van der Waals surface area contributed by atoms with Crippen LogP contribution in [-0.4, -0.2) is 34.7 Å². The minimum Gasteiger partial charge on any atom is -0.368 e. The Balaban J connectivity index is 1.66. The SMILES string of the molecule is Cc1cc(CN2CCO[C@@H](c3nc(C(C)(C)C)cs3)C2)on1. The predicted molar refractivity (Wildman–Crippen MR) is 86.0 cm³/mol. The number of thiazole rings is 1. The van der Waals surface area contributed by atoms with Crippen molar-refractivity contribution in [1.82, 2.24) is 15.0 Å². The van der Waals surface area contributed by atoms with Crippen molar-refractivity contribution in [1.29, 1.82) is 0 Å². The van der Waals surface area contributed by atoms with E-state index in [1.54, 1.807) is 11.3 Å². The third-order valence-corrected chi connectivity index (χ3v) is 4.71. The Hall–Kier alpha value is -1.24. The molecule has 6 heteroatoms. The highest BCUT2D eigenvalue weighted by atomic mass is 32.1. The molecule has 3 rings (SSSR count). The summed E-state index contributed by atoms with van der Waals surface area (Å²) in [6.45, 7) is 11.8. The smallest absolute Gasteiger partial charge is 0.150 e. The maximum Gasteiger partial charge on any atom is 0.150 e. The number of aromatic nitrogens is 2. The fourth-order valence-corrected chi connectivity index (χ4v) is 3.57. The van der Waals surface area contributed by atoms with Crippen molar-refractivity contribution in [3.8, 4) is 0 Å². The zero-order valence-electron chi connectivity index (χ0n) is 13.6. The van der Waals surface area contributed by atoms with E-state index in [4.69, 9.17) is 14.2 Å². The molecule has 1 aliphatic heterocycles. The van der Waals surface area contributed by atoms with E-state index in [0.29, 0.717) is 0 Å². The second-order valence-corrected chi connectivity index (χ2v) is 7.74. The molecule has 0 aromatic carbocycles. The van der Waals surface area contributed by atoms with Crippen LogP contribution in [0.25, 0.3) is 0 Å². The molecular weight excluding hydrogens is 298 g/mol. The molecule has 0 saturated carbocycles. The Morgan fingerprint density at radius 2 is 2.23 bits per heavy atom. The van der Waals surface area contributed by atoms with Gasteiger partial charge in [-0.05, 0) is 6.92 Å². The maximum atomic E-state index is 5.92. The van der Waals surface area contributed by atoms with Crippen LogP contribution in [0.5, 0.6) is 0 Å². The van der Waals surface area contributed by atoms with Gasteiger partial charge in [0.1, 0.15) is 11.1 Å². The fraction of sp³-hybridized carbons (Fsp3) is 0.625. The van der Waals surface area contributed by atoms with Gasteiger partial charge in [-0.2, -0.15) is 0 Å². The predicted octanol–water partition coefficient (Wildman–Crippen LogP) is 3.31. The molecule has 0 unspecified atom stereocenters. The van der Waals surface area contributed by atoms with Gasteiger partial charge in [0.05, 0.1) is 24.5 Å². The van der Waals surface area contributed by atoms with E-state index >= 15 is 0 Å². The van der Waals surface area contributed by atoms with Crippen molar-refractivity contribution in [2.45, 2.75) is 45.8 Å². The standard InChI is InChI=1S/C16H23N3O2S/c1-11-7-12(21-18-11)8-19-5-6-20-13(9-19)15-17-14(10-22-15)16(2,3)4/h7,10,13H,5-6,8-9H2,1-4H3/t13-/m1/s1. The lowest BCUT2D eigenvalue weighted by Gasteiger charge is -2.31. The second-order valence-electron chi connectivity index (χ2n) is 6.85. The van der Waals surface area contributed by atoms with Crippen molar-refractivity contribution in [2.75, 3.05) is 19.7 Å². The molecule has 0 bridgehead atoms. The van der Waals surface area contributed by atoms with Crippen LogP contribution in [0.1, 0.15) is 49.0 Å². The molecule has 1 atom stereocenters. The van der Waals surface area contributed by atoms with Crippen LogP contribution in [0.2, 0.25) is 0 Å². The number of hydrogen-bond donors (Lipinski definition) is 0. The Labute approximate surface area is 135 Å². The average Bonchev–Trinajstić information content (AvgIpc) is 3.08. The normalized spacial score (nSPS) is 20.5. The van der Waals surface area contributed by atoms with Gasteiger partial charge >= 0.3 is 0 Å². The molecule has 22 heavy (non-hydrogen) atoms. The van der Waals surface area contributed by atoms with E-state index < -0.39 is 0 Å². The first-order chi connectivity index (χ1) is 10.4. The number of aryl methyl sites for hydroxylation is 1. The van der Waals surface area contributed by atoms with Crippen LogP contribution in [0, 0.1) is 6.92 Å². The summed E-state index contributed by atoms with van der Waals surface area (Å²) in [4.78, 5) is 7.12. The third kappa shape index (κ3) is 3.56. The molecular formula is C16H23N3O2S. The van der Waals surface area contributed by atoms with Gasteiger partial charge in [0.15, 0.2) is 5.76 Å². The summed E-state index contributed by atoms with van der Waals surface area (Å²) in [5, 5.41) is 7.17. The molecule has 0 spiro atoms. The monoisotopic (exact) mass is 321 g/mol. The average molecular weight is 321 g/mol. The van der Waals surface area contributed by atoms with Crippen LogP contribution in [0.3, 0.4) is 0 Å². The van der Waals surface area contributed by atoms with Crippen LogP contribution in [-0.2, 0) is 16.7 Å². The van der Waals surface area contributed by atoms with Crippen LogP contribution >= 0.6 is 11.3 Å². The van der Waals surface area contributed by atoms with Gasteiger partial charge in [0.25, 0.3) is 0 Å². The Morgan fingerprint density at radius 3 is 2.86 bits per heavy atom. The summed E-state index contributed by atoms with van der Waals surface area (Å²) >= 11 is 1.70. The van der Waals surface area contributed by atoms with Crippen molar-refractivity contribution >= 4 is 11.3 Å².